The van der Waals surface area contributed by atoms with Crippen molar-refractivity contribution in [3.05, 3.63) is 0 Å². The van der Waals surface area contributed by atoms with Gasteiger partial charge in [0.25, 0.3) is 0 Å². The Bertz CT molecular complexity index is 91.6. The van der Waals surface area contributed by atoms with Gasteiger partial charge in [-0.3, -0.25) is 0 Å². The standard InChI is InChI=1S/C9H19BrO/c1-7(2)11-6-8(3)5-9(4)10/h7-9H,5-6H2,1-4H3. The van der Waals surface area contributed by atoms with E-state index in [1.807, 2.05) is 0 Å². The van der Waals surface area contributed by atoms with E-state index in [9.17, 15) is 0 Å². The minimum atomic E-state index is 0.364. The molecule has 0 aromatic heterocycles. The van der Waals surface area contributed by atoms with Gasteiger partial charge in [-0.25, -0.2) is 0 Å². The molecule has 0 radical (unpaired) electrons. The molecule has 2 unspecified atom stereocenters. The SMILES string of the molecule is CC(Br)CC(C)COC(C)C. The van der Waals surface area contributed by atoms with Crippen LogP contribution in [0.2, 0.25) is 0 Å². The topological polar surface area (TPSA) is 9.23 Å². The highest BCUT2D eigenvalue weighted by Gasteiger charge is 2.06. The lowest BCUT2D eigenvalue weighted by molar-refractivity contribution is 0.0536. The van der Waals surface area contributed by atoms with Crippen molar-refractivity contribution in [2.24, 2.45) is 5.92 Å². The van der Waals surface area contributed by atoms with E-state index in [1.54, 1.807) is 0 Å². The van der Waals surface area contributed by atoms with Gasteiger partial charge in [0.05, 0.1) is 6.10 Å². The van der Waals surface area contributed by atoms with Gasteiger partial charge in [-0.2, -0.15) is 0 Å². The van der Waals surface area contributed by atoms with Crippen molar-refractivity contribution in [2.75, 3.05) is 6.61 Å². The summed E-state index contributed by atoms with van der Waals surface area (Å²) < 4.78 is 5.48. The zero-order valence-electron chi connectivity index (χ0n) is 7.93. The van der Waals surface area contributed by atoms with Crippen LogP contribution in [0.25, 0.3) is 0 Å². The first-order valence-electron chi connectivity index (χ1n) is 4.28. The molecule has 0 bridgehead atoms. The molecule has 0 heterocycles. The van der Waals surface area contributed by atoms with E-state index < -0.39 is 0 Å². The molecule has 0 aliphatic carbocycles. The van der Waals surface area contributed by atoms with Crippen molar-refractivity contribution in [3.8, 4) is 0 Å². The first-order chi connectivity index (χ1) is 5.02. The van der Waals surface area contributed by atoms with E-state index in [1.165, 1.54) is 6.42 Å². The minimum Gasteiger partial charge on any atom is -0.379 e. The number of hydrogen-bond acceptors (Lipinski definition) is 1. The summed E-state index contributed by atoms with van der Waals surface area (Å²) in [4.78, 5) is 0.605. The molecular formula is C9H19BrO. The van der Waals surface area contributed by atoms with Gasteiger partial charge in [-0.05, 0) is 26.2 Å². The Hall–Kier alpha value is 0.440. The number of halogens is 1. The lowest BCUT2D eigenvalue weighted by Crippen LogP contribution is -2.13. The maximum atomic E-state index is 5.48. The first-order valence-corrected chi connectivity index (χ1v) is 5.19. The van der Waals surface area contributed by atoms with Crippen LogP contribution in [0, 0.1) is 5.92 Å². The van der Waals surface area contributed by atoms with E-state index >= 15 is 0 Å². The van der Waals surface area contributed by atoms with Gasteiger partial charge in [-0.15, -0.1) is 0 Å². The molecule has 0 saturated heterocycles. The summed E-state index contributed by atoms with van der Waals surface area (Å²) >= 11 is 3.53. The van der Waals surface area contributed by atoms with Crippen molar-refractivity contribution in [1.82, 2.24) is 0 Å². The van der Waals surface area contributed by atoms with Gasteiger partial charge in [0.2, 0.25) is 0 Å². The van der Waals surface area contributed by atoms with Crippen molar-refractivity contribution in [1.29, 1.82) is 0 Å². The fraction of sp³-hybridized carbons (Fsp3) is 1.00. The second-order valence-electron chi connectivity index (χ2n) is 3.50. The van der Waals surface area contributed by atoms with Crippen LogP contribution in [0.15, 0.2) is 0 Å². The van der Waals surface area contributed by atoms with Crippen molar-refractivity contribution in [3.63, 3.8) is 0 Å². The third-order valence-electron chi connectivity index (χ3n) is 1.44. The third kappa shape index (κ3) is 8.35. The Morgan fingerprint density at radius 3 is 2.09 bits per heavy atom. The minimum absolute atomic E-state index is 0.364. The Morgan fingerprint density at radius 2 is 1.73 bits per heavy atom. The van der Waals surface area contributed by atoms with Crippen LogP contribution in [-0.2, 0) is 4.74 Å². The number of ether oxygens (including phenoxy) is 1. The van der Waals surface area contributed by atoms with E-state index in [4.69, 9.17) is 4.74 Å². The van der Waals surface area contributed by atoms with Crippen LogP contribution < -0.4 is 0 Å². The molecule has 0 fully saturated rings. The lowest BCUT2D eigenvalue weighted by Gasteiger charge is -2.14. The van der Waals surface area contributed by atoms with Crippen molar-refractivity contribution in [2.45, 2.75) is 45.0 Å². The molecule has 0 aliphatic heterocycles. The summed E-state index contributed by atoms with van der Waals surface area (Å²) in [5.41, 5.74) is 0. The molecule has 1 nitrogen and oxygen atoms in total. The van der Waals surface area contributed by atoms with E-state index in [2.05, 4.69) is 43.6 Å². The smallest absolute Gasteiger partial charge is 0.0519 e. The summed E-state index contributed by atoms with van der Waals surface area (Å²) in [5.74, 6) is 0.659. The molecule has 11 heavy (non-hydrogen) atoms. The molecule has 0 rings (SSSR count). The summed E-state index contributed by atoms with van der Waals surface area (Å²) in [6.07, 6.45) is 1.55. The second kappa shape index (κ2) is 6.01. The monoisotopic (exact) mass is 222 g/mol. The largest absolute Gasteiger partial charge is 0.379 e. The molecule has 0 N–H and O–H groups in total. The molecule has 0 aliphatic rings. The highest BCUT2D eigenvalue weighted by Crippen LogP contribution is 2.12. The van der Waals surface area contributed by atoms with Gasteiger partial charge in [-0.1, -0.05) is 29.8 Å². The van der Waals surface area contributed by atoms with Gasteiger partial charge in [0.1, 0.15) is 0 Å². The predicted molar refractivity (Wildman–Crippen MR) is 53.3 cm³/mol. The molecule has 68 valence electrons. The quantitative estimate of drug-likeness (QED) is 0.650. The third-order valence-corrected chi connectivity index (χ3v) is 1.82. The van der Waals surface area contributed by atoms with Crippen LogP contribution in [0.4, 0.5) is 0 Å². The van der Waals surface area contributed by atoms with Gasteiger partial charge >= 0.3 is 0 Å². The highest BCUT2D eigenvalue weighted by molar-refractivity contribution is 9.09. The van der Waals surface area contributed by atoms with Crippen molar-refractivity contribution < 1.29 is 4.74 Å². The Morgan fingerprint density at radius 1 is 1.18 bits per heavy atom. The number of rotatable bonds is 5. The number of hydrogen-bond donors (Lipinski definition) is 0. The van der Waals surface area contributed by atoms with Crippen LogP contribution in [0.5, 0.6) is 0 Å². The Balaban J connectivity index is 3.29. The lowest BCUT2D eigenvalue weighted by atomic mass is 10.1. The normalized spacial score (nSPS) is 16.9. The van der Waals surface area contributed by atoms with Gasteiger partial charge in [0, 0.05) is 11.4 Å². The Kier molecular flexibility index (Phi) is 6.25. The summed E-state index contributed by atoms with van der Waals surface area (Å²) in [6, 6.07) is 0. The first kappa shape index (κ1) is 11.4. The zero-order valence-corrected chi connectivity index (χ0v) is 9.52. The second-order valence-corrected chi connectivity index (χ2v) is 5.07. The predicted octanol–water partition coefficient (Wildman–Crippen LogP) is 3.22. The highest BCUT2D eigenvalue weighted by atomic mass is 79.9. The average Bonchev–Trinajstić information content (AvgIpc) is 1.82. The van der Waals surface area contributed by atoms with Crippen LogP contribution >= 0.6 is 15.9 Å². The fourth-order valence-electron chi connectivity index (χ4n) is 0.979. The maximum Gasteiger partial charge on any atom is 0.0519 e. The van der Waals surface area contributed by atoms with Crippen LogP contribution in [0.1, 0.15) is 34.1 Å². The van der Waals surface area contributed by atoms with Gasteiger partial charge in [0.15, 0.2) is 0 Å². The molecule has 2 heteroatoms. The van der Waals surface area contributed by atoms with Crippen molar-refractivity contribution >= 4 is 15.9 Å². The van der Waals surface area contributed by atoms with Crippen LogP contribution in [-0.4, -0.2) is 17.5 Å². The maximum absolute atomic E-state index is 5.48. The summed E-state index contributed by atoms with van der Waals surface area (Å²) in [5, 5.41) is 0. The molecule has 0 saturated carbocycles. The molecular weight excluding hydrogens is 204 g/mol. The summed E-state index contributed by atoms with van der Waals surface area (Å²) in [6.45, 7) is 9.42. The molecule has 0 spiro atoms. The van der Waals surface area contributed by atoms with E-state index in [0.717, 1.165) is 6.61 Å². The van der Waals surface area contributed by atoms with Gasteiger partial charge < -0.3 is 4.74 Å². The zero-order chi connectivity index (χ0) is 8.85. The Labute approximate surface area is 78.6 Å². The van der Waals surface area contributed by atoms with E-state index in [-0.39, 0.29) is 0 Å². The molecule has 0 aromatic carbocycles. The molecule has 2 atom stereocenters. The molecule has 0 amide bonds. The summed E-state index contributed by atoms with van der Waals surface area (Å²) in [7, 11) is 0. The van der Waals surface area contributed by atoms with Crippen LogP contribution in [0.3, 0.4) is 0 Å². The van der Waals surface area contributed by atoms with E-state index in [0.29, 0.717) is 16.8 Å². The fourth-order valence-corrected chi connectivity index (χ4v) is 1.62. The number of alkyl halides is 1. The molecule has 0 aromatic rings. The average molecular weight is 223 g/mol.